The number of carbonyl (C=O) groups excluding carboxylic acids is 1. The molecule has 0 saturated carbocycles. The molecule has 0 aliphatic carbocycles. The van der Waals surface area contributed by atoms with Gasteiger partial charge in [0.1, 0.15) is 6.04 Å². The molecule has 0 heterocycles. The van der Waals surface area contributed by atoms with Gasteiger partial charge in [0.15, 0.2) is 0 Å². The molecule has 0 radical (unpaired) electrons. The van der Waals surface area contributed by atoms with E-state index in [1.165, 1.54) is 25.0 Å². The van der Waals surface area contributed by atoms with E-state index < -0.39 is 16.2 Å². The van der Waals surface area contributed by atoms with Crippen LogP contribution in [0.4, 0.5) is 0 Å². The summed E-state index contributed by atoms with van der Waals surface area (Å²) in [6, 6.07) is 15.2. The normalized spacial score (nSPS) is 11.5. The summed E-state index contributed by atoms with van der Waals surface area (Å²) in [5.74, 6) is -0.296. The van der Waals surface area contributed by atoms with Gasteiger partial charge in [0, 0.05) is 0 Å². The van der Waals surface area contributed by atoms with Crippen molar-refractivity contribution in [3.8, 4) is 0 Å². The average Bonchev–Trinajstić information content (AvgIpc) is 2.68. The molecule has 0 amide bonds. The summed E-state index contributed by atoms with van der Waals surface area (Å²) < 4.78 is 34.7. The van der Waals surface area contributed by atoms with E-state index in [1.54, 1.807) is 12.1 Å². The molecule has 6 N–H and O–H groups in total. The number of hydrogen-bond donors (Lipinski definition) is 3. The zero-order valence-corrected chi connectivity index (χ0v) is 18.6. The molecular weight excluding hydrogens is 404 g/mol. The smallest absolute Gasteiger partial charge is 0.323 e. The number of benzene rings is 2. The summed E-state index contributed by atoms with van der Waals surface area (Å²) in [6.07, 6.45) is 4.94. The van der Waals surface area contributed by atoms with Gasteiger partial charge < -0.3 is 16.6 Å². The summed E-state index contributed by atoms with van der Waals surface area (Å²) in [5, 5.41) is 0. The summed E-state index contributed by atoms with van der Waals surface area (Å²) in [7, 11) is -4.02. The number of carbonyl (C=O) groups is 1. The number of unbranched alkanes of at least 4 members (excludes halogenated alkanes) is 3. The summed E-state index contributed by atoms with van der Waals surface area (Å²) in [6.45, 7) is 4.48. The fraction of sp³-hybridized carbons (Fsp3) is 0.409. The molecule has 30 heavy (non-hydrogen) atoms. The van der Waals surface area contributed by atoms with E-state index in [9.17, 15) is 13.2 Å². The number of aryl methyl sites for hydroxylation is 1. The minimum atomic E-state index is -4.02. The van der Waals surface area contributed by atoms with E-state index in [1.807, 2.05) is 37.3 Å². The van der Waals surface area contributed by atoms with Crippen molar-refractivity contribution in [1.29, 1.82) is 0 Å². The van der Waals surface area contributed by atoms with E-state index in [0.717, 1.165) is 24.0 Å². The maximum Gasteiger partial charge on any atom is 0.323 e. The summed E-state index contributed by atoms with van der Waals surface area (Å²) in [5.41, 5.74) is 7.83. The highest BCUT2D eigenvalue weighted by Crippen LogP contribution is 2.08. The quantitative estimate of drug-likeness (QED) is 0.304. The van der Waals surface area contributed by atoms with Crippen LogP contribution in [0.3, 0.4) is 0 Å². The lowest BCUT2D eigenvalue weighted by Crippen LogP contribution is -2.34. The minimum absolute atomic E-state index is 0. The van der Waals surface area contributed by atoms with Gasteiger partial charge in [-0.25, -0.2) is 0 Å². The van der Waals surface area contributed by atoms with Crippen molar-refractivity contribution < 1.29 is 22.5 Å². The Kier molecular flexibility index (Phi) is 13.6. The molecule has 0 bridgehead atoms. The van der Waals surface area contributed by atoms with Crippen molar-refractivity contribution in [2.45, 2.75) is 56.9 Å². The van der Waals surface area contributed by atoms with Gasteiger partial charge in [-0.15, -0.1) is 0 Å². The molecule has 0 unspecified atom stereocenters. The van der Waals surface area contributed by atoms with Gasteiger partial charge in [-0.1, -0.05) is 74.2 Å². The van der Waals surface area contributed by atoms with Crippen molar-refractivity contribution >= 4 is 16.1 Å². The lowest BCUT2D eigenvalue weighted by molar-refractivity contribution is -0.145. The zero-order chi connectivity index (χ0) is 21.7. The second-order valence-electron chi connectivity index (χ2n) is 6.81. The third-order valence-electron chi connectivity index (χ3n) is 4.16. The van der Waals surface area contributed by atoms with Crippen LogP contribution in [0.15, 0.2) is 59.5 Å². The molecule has 8 heteroatoms. The first-order chi connectivity index (χ1) is 13.7. The summed E-state index contributed by atoms with van der Waals surface area (Å²) >= 11 is 0. The standard InChI is InChI=1S/C15H23NO2.C7H8O3S.H3N/c1-2-3-4-8-11-18-15(17)14(16)12-13-9-6-5-7-10-13;1-6-2-4-7(5-3-6)11(8,9)10;/h5-7,9-10,14H,2-4,8,11-12,16H2,1H3;2-5H,1H3,(H,8,9,10);1H3/t14-;;/m0../s1. The Morgan fingerprint density at radius 2 is 1.63 bits per heavy atom. The van der Waals surface area contributed by atoms with E-state index in [0.29, 0.717) is 13.0 Å². The lowest BCUT2D eigenvalue weighted by atomic mass is 10.1. The molecule has 168 valence electrons. The van der Waals surface area contributed by atoms with E-state index >= 15 is 0 Å². The predicted molar refractivity (Wildman–Crippen MR) is 119 cm³/mol. The van der Waals surface area contributed by atoms with Crippen molar-refractivity contribution in [2.24, 2.45) is 5.73 Å². The van der Waals surface area contributed by atoms with Gasteiger partial charge in [0.2, 0.25) is 0 Å². The molecule has 0 aliphatic rings. The van der Waals surface area contributed by atoms with Gasteiger partial charge in [-0.2, -0.15) is 8.42 Å². The van der Waals surface area contributed by atoms with Gasteiger partial charge in [-0.05, 0) is 37.5 Å². The Morgan fingerprint density at radius 3 is 2.17 bits per heavy atom. The molecule has 0 fully saturated rings. The van der Waals surface area contributed by atoms with E-state index in [4.69, 9.17) is 15.0 Å². The van der Waals surface area contributed by atoms with Crippen molar-refractivity contribution in [3.05, 3.63) is 65.7 Å². The first-order valence-corrected chi connectivity index (χ1v) is 11.2. The fourth-order valence-corrected chi connectivity index (χ4v) is 2.95. The molecular formula is C22H34N2O5S. The molecule has 0 aliphatic heterocycles. The number of nitrogens with two attached hydrogens (primary N) is 1. The molecule has 2 rings (SSSR count). The highest BCUT2D eigenvalue weighted by molar-refractivity contribution is 7.85. The number of hydrogen-bond acceptors (Lipinski definition) is 6. The molecule has 0 saturated heterocycles. The topological polar surface area (TPSA) is 142 Å². The Bertz CT molecular complexity index is 824. The first kappa shape index (κ1) is 27.7. The second-order valence-corrected chi connectivity index (χ2v) is 8.23. The van der Waals surface area contributed by atoms with Crippen molar-refractivity contribution in [2.75, 3.05) is 6.61 Å². The van der Waals surface area contributed by atoms with Gasteiger partial charge in [0.05, 0.1) is 11.5 Å². The Balaban J connectivity index is 0.000000603. The van der Waals surface area contributed by atoms with Crippen molar-refractivity contribution in [3.63, 3.8) is 0 Å². The number of rotatable bonds is 9. The van der Waals surface area contributed by atoms with E-state index in [2.05, 4.69) is 6.92 Å². The van der Waals surface area contributed by atoms with Gasteiger partial charge in [0.25, 0.3) is 10.1 Å². The average molecular weight is 439 g/mol. The third kappa shape index (κ3) is 11.7. The van der Waals surface area contributed by atoms with Gasteiger partial charge in [-0.3, -0.25) is 9.35 Å². The first-order valence-electron chi connectivity index (χ1n) is 9.74. The molecule has 0 spiro atoms. The largest absolute Gasteiger partial charge is 0.465 e. The number of ether oxygens (including phenoxy) is 1. The van der Waals surface area contributed by atoms with Crippen LogP contribution >= 0.6 is 0 Å². The third-order valence-corrected chi connectivity index (χ3v) is 5.03. The van der Waals surface area contributed by atoms with Crippen LogP contribution in [0.2, 0.25) is 0 Å². The maximum absolute atomic E-state index is 11.6. The highest BCUT2D eigenvalue weighted by Gasteiger charge is 2.15. The zero-order valence-electron chi connectivity index (χ0n) is 17.8. The Morgan fingerprint density at radius 1 is 1.03 bits per heavy atom. The maximum atomic E-state index is 11.6. The second kappa shape index (κ2) is 14.7. The van der Waals surface area contributed by atoms with E-state index in [-0.39, 0.29) is 17.0 Å². The summed E-state index contributed by atoms with van der Waals surface area (Å²) in [4.78, 5) is 11.6. The molecule has 7 nitrogen and oxygen atoms in total. The van der Waals surface area contributed by atoms with Crippen LogP contribution in [0, 0.1) is 6.92 Å². The Labute approximate surface area is 180 Å². The van der Waals surface area contributed by atoms with Crippen LogP contribution in [0.5, 0.6) is 0 Å². The van der Waals surface area contributed by atoms with Crippen LogP contribution in [0.25, 0.3) is 0 Å². The van der Waals surface area contributed by atoms with Crippen molar-refractivity contribution in [1.82, 2.24) is 6.15 Å². The molecule has 2 aromatic rings. The van der Waals surface area contributed by atoms with Crippen LogP contribution in [-0.2, 0) is 26.1 Å². The van der Waals surface area contributed by atoms with Crippen LogP contribution in [-0.4, -0.2) is 31.6 Å². The monoisotopic (exact) mass is 438 g/mol. The number of esters is 1. The van der Waals surface area contributed by atoms with Crippen LogP contribution < -0.4 is 11.9 Å². The minimum Gasteiger partial charge on any atom is -0.465 e. The Hall–Kier alpha value is -2.26. The molecule has 1 atom stereocenters. The molecule has 2 aromatic carbocycles. The SMILES string of the molecule is CCCCCCOC(=O)[C@@H](N)Cc1ccccc1.Cc1ccc(S(=O)(=O)O)cc1.N. The highest BCUT2D eigenvalue weighted by atomic mass is 32.2. The fourth-order valence-electron chi connectivity index (χ4n) is 2.47. The molecule has 0 aromatic heterocycles. The van der Waals surface area contributed by atoms with Gasteiger partial charge >= 0.3 is 5.97 Å². The lowest BCUT2D eigenvalue weighted by Gasteiger charge is -2.11. The van der Waals surface area contributed by atoms with Crippen LogP contribution in [0.1, 0.15) is 43.7 Å². The predicted octanol–water partition coefficient (Wildman–Crippen LogP) is 4.08.